The highest BCUT2D eigenvalue weighted by atomic mass is 35.5. The first kappa shape index (κ1) is 14.4. The van der Waals surface area contributed by atoms with Crippen LogP contribution in [0.15, 0.2) is 42.5 Å². The van der Waals surface area contributed by atoms with Gasteiger partial charge in [-0.15, -0.1) is 0 Å². The zero-order valence-corrected chi connectivity index (χ0v) is 12.7. The van der Waals surface area contributed by atoms with Crippen molar-refractivity contribution < 1.29 is 0 Å². The molecule has 0 saturated heterocycles. The molecular formula is C13H9Cl3N2S. The molecule has 0 radical (unpaired) electrons. The fourth-order valence-corrected chi connectivity index (χ4v) is 2.10. The van der Waals surface area contributed by atoms with Gasteiger partial charge in [0, 0.05) is 15.7 Å². The summed E-state index contributed by atoms with van der Waals surface area (Å²) in [6.07, 6.45) is 0. The van der Waals surface area contributed by atoms with Crippen molar-refractivity contribution >= 4 is 63.5 Å². The van der Waals surface area contributed by atoms with Gasteiger partial charge in [0.25, 0.3) is 0 Å². The highest BCUT2D eigenvalue weighted by Gasteiger charge is 2.04. The normalized spacial score (nSPS) is 10.1. The molecule has 6 heteroatoms. The second-order valence-electron chi connectivity index (χ2n) is 3.71. The molecule has 98 valence electrons. The van der Waals surface area contributed by atoms with Crippen molar-refractivity contribution in [2.45, 2.75) is 0 Å². The number of thiocarbonyl (C=S) groups is 1. The van der Waals surface area contributed by atoms with Gasteiger partial charge < -0.3 is 10.6 Å². The molecule has 2 aromatic carbocycles. The van der Waals surface area contributed by atoms with Crippen molar-refractivity contribution in [1.29, 1.82) is 0 Å². The van der Waals surface area contributed by atoms with Gasteiger partial charge in [0.1, 0.15) is 0 Å². The Hall–Kier alpha value is -1.000. The number of anilines is 2. The van der Waals surface area contributed by atoms with E-state index in [4.69, 9.17) is 47.0 Å². The Kier molecular flexibility index (Phi) is 4.88. The van der Waals surface area contributed by atoms with E-state index in [1.165, 1.54) is 0 Å². The summed E-state index contributed by atoms with van der Waals surface area (Å²) < 4.78 is 0. The molecule has 0 bridgehead atoms. The second-order valence-corrected chi connectivity index (χ2v) is 5.40. The average Bonchev–Trinajstić information content (AvgIpc) is 2.37. The van der Waals surface area contributed by atoms with E-state index >= 15 is 0 Å². The lowest BCUT2D eigenvalue weighted by Gasteiger charge is -2.12. The number of hydrogen-bond acceptors (Lipinski definition) is 1. The smallest absolute Gasteiger partial charge is 0.175 e. The first-order chi connectivity index (χ1) is 9.04. The molecular weight excluding hydrogens is 323 g/mol. The average molecular weight is 332 g/mol. The Morgan fingerprint density at radius 3 is 2.16 bits per heavy atom. The van der Waals surface area contributed by atoms with E-state index in [0.29, 0.717) is 25.9 Å². The summed E-state index contributed by atoms with van der Waals surface area (Å²) in [7, 11) is 0. The Balaban J connectivity index is 2.05. The molecule has 19 heavy (non-hydrogen) atoms. The van der Waals surface area contributed by atoms with Crippen LogP contribution in [0.1, 0.15) is 0 Å². The van der Waals surface area contributed by atoms with Gasteiger partial charge in [0.2, 0.25) is 0 Å². The summed E-state index contributed by atoms with van der Waals surface area (Å²) >= 11 is 22.9. The SMILES string of the molecule is S=C(Nc1ccc(Cl)cc1)Nc1cc(Cl)ccc1Cl. The molecule has 0 aliphatic heterocycles. The molecule has 2 aromatic rings. The van der Waals surface area contributed by atoms with Crippen LogP contribution in [-0.4, -0.2) is 5.11 Å². The van der Waals surface area contributed by atoms with E-state index in [-0.39, 0.29) is 0 Å². The van der Waals surface area contributed by atoms with Crippen LogP contribution in [0.25, 0.3) is 0 Å². The van der Waals surface area contributed by atoms with E-state index < -0.39 is 0 Å². The number of hydrogen-bond donors (Lipinski definition) is 2. The molecule has 0 fully saturated rings. The largest absolute Gasteiger partial charge is 0.332 e. The zero-order chi connectivity index (χ0) is 13.8. The quantitative estimate of drug-likeness (QED) is 0.715. The van der Waals surface area contributed by atoms with Crippen LogP contribution in [-0.2, 0) is 0 Å². The molecule has 0 saturated carbocycles. The van der Waals surface area contributed by atoms with Gasteiger partial charge in [-0.05, 0) is 54.7 Å². The molecule has 0 aliphatic carbocycles. The Morgan fingerprint density at radius 2 is 1.47 bits per heavy atom. The monoisotopic (exact) mass is 330 g/mol. The maximum absolute atomic E-state index is 6.04. The molecule has 2 nitrogen and oxygen atoms in total. The van der Waals surface area contributed by atoms with Gasteiger partial charge in [-0.1, -0.05) is 34.8 Å². The predicted octanol–water partition coefficient (Wildman–Crippen LogP) is 5.46. The molecule has 2 rings (SSSR count). The lowest BCUT2D eigenvalue weighted by atomic mass is 10.3. The second kappa shape index (κ2) is 6.44. The predicted molar refractivity (Wildman–Crippen MR) is 87.8 cm³/mol. The summed E-state index contributed by atoms with van der Waals surface area (Å²) in [6.45, 7) is 0. The fraction of sp³-hybridized carbons (Fsp3) is 0. The van der Waals surface area contributed by atoms with Crippen LogP contribution >= 0.6 is 47.0 Å². The summed E-state index contributed by atoms with van der Waals surface area (Å²) in [5.41, 5.74) is 1.49. The molecule has 0 unspecified atom stereocenters. The van der Waals surface area contributed by atoms with Gasteiger partial charge in [0.15, 0.2) is 5.11 Å². The molecule has 0 atom stereocenters. The topological polar surface area (TPSA) is 24.1 Å². The van der Waals surface area contributed by atoms with E-state index in [0.717, 1.165) is 5.69 Å². The maximum atomic E-state index is 6.04. The van der Waals surface area contributed by atoms with E-state index in [1.807, 2.05) is 12.1 Å². The number of halogens is 3. The summed E-state index contributed by atoms with van der Waals surface area (Å²) in [5.74, 6) is 0. The van der Waals surface area contributed by atoms with Crippen molar-refractivity contribution in [3.63, 3.8) is 0 Å². The fourth-order valence-electron chi connectivity index (χ4n) is 1.41. The molecule has 2 N–H and O–H groups in total. The summed E-state index contributed by atoms with van der Waals surface area (Å²) in [6, 6.07) is 12.3. The third-order valence-corrected chi connectivity index (χ3v) is 3.30. The summed E-state index contributed by atoms with van der Waals surface area (Å²) in [5, 5.41) is 8.23. The Labute approximate surface area is 131 Å². The van der Waals surface area contributed by atoms with Crippen molar-refractivity contribution in [1.82, 2.24) is 0 Å². The van der Waals surface area contributed by atoms with Crippen LogP contribution in [0.2, 0.25) is 15.1 Å². The number of benzene rings is 2. The molecule has 0 aliphatic rings. The lowest BCUT2D eigenvalue weighted by Crippen LogP contribution is -2.19. The highest BCUT2D eigenvalue weighted by molar-refractivity contribution is 7.80. The first-order valence-corrected chi connectivity index (χ1v) is 6.87. The van der Waals surface area contributed by atoms with Gasteiger partial charge in [-0.2, -0.15) is 0 Å². The van der Waals surface area contributed by atoms with Crippen LogP contribution in [0, 0.1) is 0 Å². The third kappa shape index (κ3) is 4.25. The van der Waals surface area contributed by atoms with E-state index in [2.05, 4.69) is 10.6 Å². The minimum atomic E-state index is 0.423. The Morgan fingerprint density at radius 1 is 0.842 bits per heavy atom. The van der Waals surface area contributed by atoms with Crippen LogP contribution in [0.3, 0.4) is 0 Å². The van der Waals surface area contributed by atoms with Gasteiger partial charge in [-0.3, -0.25) is 0 Å². The third-order valence-electron chi connectivity index (χ3n) is 2.28. The van der Waals surface area contributed by atoms with Crippen LogP contribution < -0.4 is 10.6 Å². The lowest BCUT2D eigenvalue weighted by molar-refractivity contribution is 1.59. The molecule has 0 amide bonds. The van der Waals surface area contributed by atoms with Crippen LogP contribution in [0.5, 0.6) is 0 Å². The van der Waals surface area contributed by atoms with E-state index in [1.54, 1.807) is 30.3 Å². The molecule has 0 spiro atoms. The number of rotatable bonds is 2. The van der Waals surface area contributed by atoms with Gasteiger partial charge in [0.05, 0.1) is 10.7 Å². The minimum Gasteiger partial charge on any atom is -0.332 e. The van der Waals surface area contributed by atoms with Crippen molar-refractivity contribution in [2.24, 2.45) is 0 Å². The zero-order valence-electron chi connectivity index (χ0n) is 9.58. The standard InChI is InChI=1S/C13H9Cl3N2S/c14-8-1-4-10(5-2-8)17-13(19)18-12-7-9(15)3-6-11(12)16/h1-7H,(H2,17,18,19). The van der Waals surface area contributed by atoms with Crippen LogP contribution in [0.4, 0.5) is 11.4 Å². The molecule has 0 heterocycles. The van der Waals surface area contributed by atoms with Gasteiger partial charge in [-0.25, -0.2) is 0 Å². The van der Waals surface area contributed by atoms with Crippen molar-refractivity contribution in [3.8, 4) is 0 Å². The highest BCUT2D eigenvalue weighted by Crippen LogP contribution is 2.25. The summed E-state index contributed by atoms with van der Waals surface area (Å²) in [4.78, 5) is 0. The molecule has 0 aromatic heterocycles. The first-order valence-electron chi connectivity index (χ1n) is 5.33. The van der Waals surface area contributed by atoms with Gasteiger partial charge >= 0.3 is 0 Å². The maximum Gasteiger partial charge on any atom is 0.175 e. The van der Waals surface area contributed by atoms with Crippen molar-refractivity contribution in [3.05, 3.63) is 57.5 Å². The Bertz CT molecular complexity index is 599. The number of nitrogens with one attached hydrogen (secondary N) is 2. The van der Waals surface area contributed by atoms with E-state index in [9.17, 15) is 0 Å². The minimum absolute atomic E-state index is 0.423. The van der Waals surface area contributed by atoms with Crippen molar-refractivity contribution in [2.75, 3.05) is 10.6 Å².